The van der Waals surface area contributed by atoms with Crippen molar-refractivity contribution in [3.05, 3.63) is 29.3 Å². The lowest BCUT2D eigenvalue weighted by Crippen LogP contribution is -2.54. The second kappa shape index (κ2) is 9.89. The number of nitrogens with zero attached hydrogens (tertiary/aromatic N) is 2. The third kappa shape index (κ3) is 5.92. The molecule has 1 atom stereocenters. The van der Waals surface area contributed by atoms with Crippen molar-refractivity contribution in [3.8, 4) is 5.75 Å². The Hall–Kier alpha value is -1.67. The first kappa shape index (κ1) is 22.0. The molecule has 2 aliphatic rings. The van der Waals surface area contributed by atoms with Crippen LogP contribution in [0.1, 0.15) is 24.0 Å². The molecular weight excluding hydrogens is 372 g/mol. The second-order valence-electron chi connectivity index (χ2n) is 8.32. The van der Waals surface area contributed by atoms with Crippen molar-refractivity contribution in [1.29, 1.82) is 0 Å². The molecular formula is C22H34N2O5. The van der Waals surface area contributed by atoms with E-state index in [1.54, 1.807) is 4.90 Å². The third-order valence-corrected chi connectivity index (χ3v) is 5.95. The fourth-order valence-electron chi connectivity index (χ4n) is 4.09. The van der Waals surface area contributed by atoms with E-state index in [0.29, 0.717) is 19.1 Å². The molecule has 0 unspecified atom stereocenters. The van der Waals surface area contributed by atoms with Crippen LogP contribution in [0, 0.1) is 13.8 Å². The van der Waals surface area contributed by atoms with Crippen LogP contribution in [0.5, 0.6) is 5.75 Å². The fourth-order valence-corrected chi connectivity index (χ4v) is 4.09. The summed E-state index contributed by atoms with van der Waals surface area (Å²) < 4.78 is 16.5. The van der Waals surface area contributed by atoms with Crippen molar-refractivity contribution in [2.24, 2.45) is 0 Å². The number of methoxy groups -OCH3 is 1. The normalized spacial score (nSPS) is 24.3. The van der Waals surface area contributed by atoms with Gasteiger partial charge >= 0.3 is 0 Å². The highest BCUT2D eigenvalue weighted by Gasteiger charge is 2.39. The molecule has 0 aliphatic carbocycles. The quantitative estimate of drug-likeness (QED) is 0.770. The summed E-state index contributed by atoms with van der Waals surface area (Å²) in [7, 11) is 1.51. The zero-order valence-corrected chi connectivity index (χ0v) is 17.9. The lowest BCUT2D eigenvalue weighted by Gasteiger charge is -2.37. The number of aliphatic hydroxyl groups is 1. The minimum Gasteiger partial charge on any atom is -0.490 e. The number of hydrogen-bond acceptors (Lipinski definition) is 6. The van der Waals surface area contributed by atoms with Crippen LogP contribution >= 0.6 is 0 Å². The van der Waals surface area contributed by atoms with Gasteiger partial charge in [-0.25, -0.2) is 0 Å². The van der Waals surface area contributed by atoms with Gasteiger partial charge in [-0.1, -0.05) is 6.07 Å². The Bertz CT molecular complexity index is 692. The van der Waals surface area contributed by atoms with Gasteiger partial charge in [0.1, 0.15) is 24.6 Å². The van der Waals surface area contributed by atoms with Crippen molar-refractivity contribution in [2.45, 2.75) is 38.3 Å². The van der Waals surface area contributed by atoms with Gasteiger partial charge in [-0.3, -0.25) is 9.69 Å². The van der Waals surface area contributed by atoms with E-state index in [4.69, 9.17) is 14.2 Å². The van der Waals surface area contributed by atoms with Gasteiger partial charge in [-0.05, 0) is 49.9 Å². The lowest BCUT2D eigenvalue weighted by molar-refractivity contribution is -0.138. The highest BCUT2D eigenvalue weighted by atomic mass is 16.5. The highest BCUT2D eigenvalue weighted by molar-refractivity contribution is 5.77. The number of amides is 1. The van der Waals surface area contributed by atoms with Gasteiger partial charge in [-0.15, -0.1) is 0 Å². The second-order valence-corrected chi connectivity index (χ2v) is 8.32. The van der Waals surface area contributed by atoms with Crippen LogP contribution in [0.2, 0.25) is 0 Å². The molecule has 1 N–H and O–H groups in total. The van der Waals surface area contributed by atoms with Gasteiger partial charge in [-0.2, -0.15) is 0 Å². The average Bonchev–Trinajstić information content (AvgIpc) is 2.89. The fraction of sp³-hybridized carbons (Fsp3) is 0.682. The van der Waals surface area contributed by atoms with Crippen LogP contribution in [0.4, 0.5) is 0 Å². The van der Waals surface area contributed by atoms with Crippen molar-refractivity contribution >= 4 is 5.91 Å². The zero-order valence-electron chi connectivity index (χ0n) is 17.9. The number of benzene rings is 1. The zero-order chi connectivity index (χ0) is 20.9. The van der Waals surface area contributed by atoms with Gasteiger partial charge < -0.3 is 24.2 Å². The van der Waals surface area contributed by atoms with E-state index in [9.17, 15) is 9.90 Å². The average molecular weight is 407 g/mol. The van der Waals surface area contributed by atoms with E-state index in [-0.39, 0.29) is 25.7 Å². The van der Waals surface area contributed by atoms with Crippen molar-refractivity contribution in [1.82, 2.24) is 9.80 Å². The number of carbonyl (C=O) groups is 1. The molecule has 29 heavy (non-hydrogen) atoms. The van der Waals surface area contributed by atoms with Crippen LogP contribution in [0.3, 0.4) is 0 Å². The summed E-state index contributed by atoms with van der Waals surface area (Å²) in [6.45, 7) is 7.74. The first-order valence-electron chi connectivity index (χ1n) is 10.4. The standard InChI is InChI=1S/C22H34N2O5/c1-17-4-5-20(12-18(17)2)29-16-22(26)14-23(19-6-10-28-11-7-19)8-9-24(15-22)21(25)13-27-3/h4-5,12,19,26H,6-11,13-16H2,1-3H3/t22-/m1/s1. The predicted octanol–water partition coefficient (Wildman–Crippen LogP) is 1.38. The van der Waals surface area contributed by atoms with Crippen LogP contribution in [-0.2, 0) is 14.3 Å². The topological polar surface area (TPSA) is 71.5 Å². The number of aryl methyl sites for hydroxylation is 2. The van der Waals surface area contributed by atoms with Crippen molar-refractivity contribution in [3.63, 3.8) is 0 Å². The molecule has 0 aromatic heterocycles. The first-order chi connectivity index (χ1) is 13.9. The molecule has 1 amide bonds. The van der Waals surface area contributed by atoms with Crippen molar-refractivity contribution in [2.75, 3.05) is 59.7 Å². The van der Waals surface area contributed by atoms with Crippen LogP contribution in [-0.4, -0.2) is 92.2 Å². The van der Waals surface area contributed by atoms with Crippen LogP contribution < -0.4 is 4.74 Å². The molecule has 7 nitrogen and oxygen atoms in total. The Morgan fingerprint density at radius 3 is 2.66 bits per heavy atom. The third-order valence-electron chi connectivity index (χ3n) is 5.95. The van der Waals surface area contributed by atoms with Gasteiger partial charge in [0.05, 0.1) is 6.54 Å². The van der Waals surface area contributed by atoms with Gasteiger partial charge in [0, 0.05) is 46.0 Å². The molecule has 1 aromatic carbocycles. The largest absolute Gasteiger partial charge is 0.490 e. The molecule has 2 aliphatic heterocycles. The predicted molar refractivity (Wildman–Crippen MR) is 110 cm³/mol. The Morgan fingerprint density at radius 2 is 1.97 bits per heavy atom. The van der Waals surface area contributed by atoms with E-state index in [0.717, 1.165) is 43.9 Å². The van der Waals surface area contributed by atoms with Gasteiger partial charge in [0.2, 0.25) is 5.91 Å². The van der Waals surface area contributed by atoms with Crippen LogP contribution in [0.15, 0.2) is 18.2 Å². The Balaban J connectivity index is 1.74. The lowest BCUT2D eigenvalue weighted by atomic mass is 10.0. The highest BCUT2D eigenvalue weighted by Crippen LogP contribution is 2.24. The van der Waals surface area contributed by atoms with E-state index in [2.05, 4.69) is 11.8 Å². The Morgan fingerprint density at radius 1 is 1.21 bits per heavy atom. The van der Waals surface area contributed by atoms with E-state index < -0.39 is 5.60 Å². The van der Waals surface area contributed by atoms with Crippen molar-refractivity contribution < 1.29 is 24.1 Å². The number of rotatable bonds is 6. The van der Waals surface area contributed by atoms with Gasteiger partial charge in [0.25, 0.3) is 0 Å². The first-order valence-corrected chi connectivity index (χ1v) is 10.4. The summed E-state index contributed by atoms with van der Waals surface area (Å²) in [4.78, 5) is 16.5. The molecule has 0 saturated carbocycles. The SMILES string of the molecule is COCC(=O)N1CCN(C2CCOCC2)C[C@](O)(COc2ccc(C)c(C)c2)C1. The minimum atomic E-state index is -1.16. The maximum atomic E-state index is 12.5. The molecule has 0 radical (unpaired) electrons. The maximum absolute atomic E-state index is 12.5. The number of β-amino-alcohol motifs (C(OH)–C–C–N with tert-alkyl or cyclic N) is 1. The van der Waals surface area contributed by atoms with Gasteiger partial charge in [0.15, 0.2) is 0 Å². The summed E-state index contributed by atoms with van der Waals surface area (Å²) in [5.74, 6) is 0.629. The molecule has 3 rings (SSSR count). The number of hydrogen-bond donors (Lipinski definition) is 1. The molecule has 0 spiro atoms. The maximum Gasteiger partial charge on any atom is 0.248 e. The Kier molecular flexibility index (Phi) is 7.51. The molecule has 0 bridgehead atoms. The Labute approximate surface area is 173 Å². The number of ether oxygens (including phenoxy) is 3. The summed E-state index contributed by atoms with van der Waals surface area (Å²) in [6, 6.07) is 6.28. The molecule has 162 valence electrons. The molecule has 2 fully saturated rings. The molecule has 1 aromatic rings. The summed E-state index contributed by atoms with van der Waals surface area (Å²) in [5, 5.41) is 11.5. The molecule has 2 heterocycles. The van der Waals surface area contributed by atoms with E-state index in [1.165, 1.54) is 12.7 Å². The summed E-state index contributed by atoms with van der Waals surface area (Å²) >= 11 is 0. The molecule has 7 heteroatoms. The monoisotopic (exact) mass is 406 g/mol. The van der Waals surface area contributed by atoms with E-state index >= 15 is 0 Å². The number of carbonyl (C=O) groups excluding carboxylic acids is 1. The molecule has 2 saturated heterocycles. The smallest absolute Gasteiger partial charge is 0.248 e. The van der Waals surface area contributed by atoms with E-state index in [1.807, 2.05) is 25.1 Å². The minimum absolute atomic E-state index is 0.0192. The van der Waals surface area contributed by atoms with Crippen LogP contribution in [0.25, 0.3) is 0 Å². The summed E-state index contributed by atoms with van der Waals surface area (Å²) in [5.41, 5.74) is 1.19. The summed E-state index contributed by atoms with van der Waals surface area (Å²) in [6.07, 6.45) is 1.89.